The largest absolute Gasteiger partial charge is 0.497 e. The van der Waals surface area contributed by atoms with Gasteiger partial charge in [0.05, 0.1) is 19.8 Å². The van der Waals surface area contributed by atoms with Gasteiger partial charge in [-0.05, 0) is 41.6 Å². The Morgan fingerprint density at radius 3 is 2.57 bits per heavy atom. The number of nitrogens with one attached hydrogen (secondary N) is 1. The number of aromatic nitrogens is 3. The Bertz CT molecular complexity index is 910. The van der Waals surface area contributed by atoms with Crippen LogP contribution in [0.5, 0.6) is 5.75 Å². The molecule has 0 bridgehead atoms. The van der Waals surface area contributed by atoms with Crippen molar-refractivity contribution in [2.24, 2.45) is 0 Å². The second-order valence-corrected chi connectivity index (χ2v) is 6.99. The molecule has 0 saturated heterocycles. The van der Waals surface area contributed by atoms with Crippen LogP contribution >= 0.6 is 11.8 Å². The van der Waals surface area contributed by atoms with Crippen LogP contribution in [0.4, 0.5) is 0 Å². The smallest absolute Gasteiger partial charge is 0.291 e. The number of hydrogen-bond donors (Lipinski definition) is 2. The molecule has 1 atom stereocenters. The van der Waals surface area contributed by atoms with E-state index in [1.165, 1.54) is 15.9 Å². The summed E-state index contributed by atoms with van der Waals surface area (Å²) < 4.78 is 6.56. The normalized spacial score (nSPS) is 11.8. The summed E-state index contributed by atoms with van der Waals surface area (Å²) in [5.41, 5.74) is 1.73. The number of aliphatic hydroxyl groups excluding tert-OH is 1. The summed E-state index contributed by atoms with van der Waals surface area (Å²) in [4.78, 5) is 17.5. The zero-order valence-corrected chi connectivity index (χ0v) is 16.5. The van der Waals surface area contributed by atoms with Crippen LogP contribution in [0.15, 0.2) is 59.8 Å². The van der Waals surface area contributed by atoms with Gasteiger partial charge in [-0.25, -0.2) is 9.67 Å². The quantitative estimate of drug-likeness (QED) is 0.567. The SMILES string of the molecule is COc1ccc([C@@H](O)Cn2cnc(C(=O)NCc3ccc(SC)cc3)n2)cc1. The van der Waals surface area contributed by atoms with Crippen LogP contribution in [0.3, 0.4) is 0 Å². The summed E-state index contributed by atoms with van der Waals surface area (Å²) >= 11 is 1.67. The molecule has 0 aliphatic carbocycles. The van der Waals surface area contributed by atoms with E-state index in [0.717, 1.165) is 16.9 Å². The Morgan fingerprint density at radius 2 is 1.93 bits per heavy atom. The van der Waals surface area contributed by atoms with Gasteiger partial charge in [0.2, 0.25) is 5.82 Å². The molecular formula is C20H22N4O3S. The third kappa shape index (κ3) is 5.11. The lowest BCUT2D eigenvalue weighted by Crippen LogP contribution is -2.24. The topological polar surface area (TPSA) is 89.3 Å². The summed E-state index contributed by atoms with van der Waals surface area (Å²) in [5, 5.41) is 17.3. The maximum absolute atomic E-state index is 12.3. The molecule has 1 aromatic heterocycles. The van der Waals surface area contributed by atoms with Crippen LogP contribution in [0, 0.1) is 0 Å². The van der Waals surface area contributed by atoms with Crippen molar-refractivity contribution in [2.45, 2.75) is 24.1 Å². The van der Waals surface area contributed by atoms with Gasteiger partial charge in [-0.3, -0.25) is 4.79 Å². The van der Waals surface area contributed by atoms with Crippen LogP contribution in [0.25, 0.3) is 0 Å². The maximum atomic E-state index is 12.3. The lowest BCUT2D eigenvalue weighted by molar-refractivity contribution is 0.0938. The minimum atomic E-state index is -0.765. The van der Waals surface area contributed by atoms with E-state index in [-0.39, 0.29) is 18.3 Å². The van der Waals surface area contributed by atoms with Crippen molar-refractivity contribution in [3.05, 3.63) is 71.8 Å². The van der Waals surface area contributed by atoms with E-state index in [4.69, 9.17) is 4.74 Å². The van der Waals surface area contributed by atoms with Crippen LogP contribution in [-0.2, 0) is 13.1 Å². The van der Waals surface area contributed by atoms with Crippen molar-refractivity contribution in [1.29, 1.82) is 0 Å². The zero-order valence-electron chi connectivity index (χ0n) is 15.7. The molecule has 2 N–H and O–H groups in total. The van der Waals surface area contributed by atoms with Crippen LogP contribution in [0.1, 0.15) is 27.8 Å². The number of benzene rings is 2. The number of aliphatic hydroxyl groups is 1. The lowest BCUT2D eigenvalue weighted by Gasteiger charge is -2.11. The summed E-state index contributed by atoms with van der Waals surface area (Å²) in [6, 6.07) is 15.1. The molecule has 0 unspecified atom stereocenters. The molecule has 0 saturated carbocycles. The molecule has 146 valence electrons. The molecule has 3 rings (SSSR count). The maximum Gasteiger partial charge on any atom is 0.291 e. The van der Waals surface area contributed by atoms with E-state index in [1.807, 2.05) is 30.5 Å². The molecule has 7 nitrogen and oxygen atoms in total. The molecule has 1 amide bonds. The summed E-state index contributed by atoms with van der Waals surface area (Å²) in [6.45, 7) is 0.596. The highest BCUT2D eigenvalue weighted by molar-refractivity contribution is 7.98. The molecule has 8 heteroatoms. The van der Waals surface area contributed by atoms with Gasteiger partial charge in [0.1, 0.15) is 12.1 Å². The molecule has 3 aromatic rings. The number of nitrogens with zero attached hydrogens (tertiary/aromatic N) is 3. The molecule has 0 aliphatic heterocycles. The third-order valence-corrected chi connectivity index (χ3v) is 4.96. The first-order chi connectivity index (χ1) is 13.6. The minimum Gasteiger partial charge on any atom is -0.497 e. The lowest BCUT2D eigenvalue weighted by atomic mass is 10.1. The van der Waals surface area contributed by atoms with Crippen molar-refractivity contribution >= 4 is 17.7 Å². The van der Waals surface area contributed by atoms with E-state index in [1.54, 1.807) is 43.1 Å². The van der Waals surface area contributed by atoms with Crippen molar-refractivity contribution in [1.82, 2.24) is 20.1 Å². The number of hydrogen-bond acceptors (Lipinski definition) is 6. The fourth-order valence-electron chi connectivity index (χ4n) is 2.60. The fourth-order valence-corrected chi connectivity index (χ4v) is 3.01. The van der Waals surface area contributed by atoms with Gasteiger partial charge in [0, 0.05) is 11.4 Å². The predicted molar refractivity (Wildman–Crippen MR) is 107 cm³/mol. The van der Waals surface area contributed by atoms with Gasteiger partial charge in [-0.1, -0.05) is 24.3 Å². The highest BCUT2D eigenvalue weighted by Gasteiger charge is 2.14. The van der Waals surface area contributed by atoms with E-state index in [0.29, 0.717) is 6.54 Å². The van der Waals surface area contributed by atoms with Gasteiger partial charge < -0.3 is 15.2 Å². The van der Waals surface area contributed by atoms with Crippen LogP contribution in [0.2, 0.25) is 0 Å². The number of rotatable bonds is 8. The van der Waals surface area contributed by atoms with Gasteiger partial charge in [-0.2, -0.15) is 0 Å². The molecular weight excluding hydrogens is 376 g/mol. The summed E-state index contributed by atoms with van der Waals surface area (Å²) in [5.74, 6) is 0.438. The Labute approximate surface area is 167 Å². The number of carbonyl (C=O) groups is 1. The first-order valence-corrected chi connectivity index (χ1v) is 9.94. The van der Waals surface area contributed by atoms with Gasteiger partial charge in [0.25, 0.3) is 5.91 Å². The summed E-state index contributed by atoms with van der Waals surface area (Å²) in [7, 11) is 1.59. The molecule has 0 spiro atoms. The highest BCUT2D eigenvalue weighted by atomic mass is 32.2. The van der Waals surface area contributed by atoms with Crippen molar-refractivity contribution in [2.75, 3.05) is 13.4 Å². The third-order valence-electron chi connectivity index (χ3n) is 4.21. The highest BCUT2D eigenvalue weighted by Crippen LogP contribution is 2.19. The second kappa shape index (κ2) is 9.38. The average molecular weight is 398 g/mol. The molecule has 0 aliphatic rings. The summed E-state index contributed by atoms with van der Waals surface area (Å²) in [6.07, 6.45) is 2.69. The molecule has 2 aromatic carbocycles. The number of amides is 1. The molecule has 28 heavy (non-hydrogen) atoms. The Kier molecular flexibility index (Phi) is 6.67. The Hall–Kier alpha value is -2.84. The molecule has 1 heterocycles. The number of ether oxygens (including phenoxy) is 1. The second-order valence-electron chi connectivity index (χ2n) is 6.11. The zero-order chi connectivity index (χ0) is 19.9. The van der Waals surface area contributed by atoms with Crippen molar-refractivity contribution in [3.63, 3.8) is 0 Å². The Morgan fingerprint density at radius 1 is 1.21 bits per heavy atom. The van der Waals surface area contributed by atoms with Crippen molar-refractivity contribution < 1.29 is 14.6 Å². The predicted octanol–water partition coefficient (Wildman–Crippen LogP) is 2.67. The fraction of sp³-hybridized carbons (Fsp3) is 0.250. The van der Waals surface area contributed by atoms with Crippen LogP contribution < -0.4 is 10.1 Å². The first-order valence-electron chi connectivity index (χ1n) is 8.71. The van der Waals surface area contributed by atoms with Gasteiger partial charge in [-0.15, -0.1) is 16.9 Å². The van der Waals surface area contributed by atoms with E-state index >= 15 is 0 Å². The average Bonchev–Trinajstić information content (AvgIpc) is 3.21. The Balaban J connectivity index is 1.55. The molecule has 0 fully saturated rings. The number of carbonyl (C=O) groups excluding carboxylic acids is 1. The van der Waals surface area contributed by atoms with Gasteiger partial charge >= 0.3 is 0 Å². The van der Waals surface area contributed by atoms with Crippen molar-refractivity contribution in [3.8, 4) is 5.75 Å². The first kappa shape index (κ1) is 19.9. The molecule has 0 radical (unpaired) electrons. The number of methoxy groups -OCH3 is 1. The monoisotopic (exact) mass is 398 g/mol. The van der Waals surface area contributed by atoms with Gasteiger partial charge in [0.15, 0.2) is 0 Å². The van der Waals surface area contributed by atoms with E-state index in [9.17, 15) is 9.90 Å². The minimum absolute atomic E-state index is 0.0719. The van der Waals surface area contributed by atoms with E-state index in [2.05, 4.69) is 15.4 Å². The van der Waals surface area contributed by atoms with E-state index < -0.39 is 6.10 Å². The number of thioether (sulfide) groups is 1. The van der Waals surface area contributed by atoms with Crippen LogP contribution in [-0.4, -0.2) is 39.1 Å². The standard InChI is InChI=1S/C20H22N4O3S/c1-27-16-7-5-15(6-8-16)18(25)12-24-13-22-19(23-24)20(26)21-11-14-3-9-17(28-2)10-4-14/h3-10,13,18,25H,11-12H2,1-2H3,(H,21,26)/t18-/m0/s1.